The number of hydrogen-bond acceptors (Lipinski definition) is 2. The maximum absolute atomic E-state index is 5.79. The van der Waals surface area contributed by atoms with Gasteiger partial charge in [-0.3, -0.25) is 0 Å². The topological polar surface area (TPSA) is 35.2 Å². The minimum Gasteiger partial charge on any atom is -0.457 e. The van der Waals surface area contributed by atoms with Crippen molar-refractivity contribution in [1.82, 2.24) is 0 Å². The van der Waals surface area contributed by atoms with Crippen LogP contribution in [0.15, 0.2) is 55.1 Å². The molecule has 3 heteroatoms. The van der Waals surface area contributed by atoms with Crippen LogP contribution < -0.4 is 10.5 Å². The Morgan fingerprint density at radius 2 is 1.41 bits per heavy atom. The third kappa shape index (κ3) is 3.02. The van der Waals surface area contributed by atoms with Gasteiger partial charge in [-0.1, -0.05) is 18.2 Å². The molecule has 0 aliphatic carbocycles. The van der Waals surface area contributed by atoms with Gasteiger partial charge >= 0.3 is 0 Å². The van der Waals surface area contributed by atoms with Gasteiger partial charge in [0.05, 0.1) is 0 Å². The molecule has 86 valence electrons. The first-order valence-corrected chi connectivity index (χ1v) is 5.51. The Kier molecular flexibility index (Phi) is 3.35. The molecule has 2 rings (SSSR count). The molecule has 2 aromatic carbocycles. The highest BCUT2D eigenvalue weighted by molar-refractivity contribution is 6.30. The number of hydrogen-bond donors (Lipinski definition) is 1. The zero-order valence-electron chi connectivity index (χ0n) is 9.19. The number of nitrogens with two attached hydrogens (primary N) is 1. The molecule has 0 bridgehead atoms. The maximum Gasteiger partial charge on any atom is 0.127 e. The lowest BCUT2D eigenvalue weighted by molar-refractivity contribution is 0.482. The first-order chi connectivity index (χ1) is 8.15. The summed E-state index contributed by atoms with van der Waals surface area (Å²) in [5.41, 5.74) is 7.02. The van der Waals surface area contributed by atoms with Crippen molar-refractivity contribution in [1.29, 1.82) is 0 Å². The highest BCUT2D eigenvalue weighted by Gasteiger charge is 1.98. The zero-order valence-corrected chi connectivity index (χ0v) is 9.95. The molecule has 0 unspecified atom stereocenters. The lowest BCUT2D eigenvalue weighted by Gasteiger charge is -2.06. The van der Waals surface area contributed by atoms with Crippen LogP contribution in [0.3, 0.4) is 0 Å². The fraction of sp³-hybridized carbons (Fsp3) is 0. The molecular formula is C14H12ClNO. The van der Waals surface area contributed by atoms with Crippen LogP contribution in [-0.2, 0) is 0 Å². The van der Waals surface area contributed by atoms with Crippen LogP contribution in [0.5, 0.6) is 11.5 Å². The number of halogens is 1. The largest absolute Gasteiger partial charge is 0.457 e. The van der Waals surface area contributed by atoms with E-state index in [0.29, 0.717) is 10.7 Å². The van der Waals surface area contributed by atoms with Crippen LogP contribution in [0.1, 0.15) is 5.56 Å². The molecule has 2 N–H and O–H groups in total. The van der Waals surface area contributed by atoms with Gasteiger partial charge in [-0.2, -0.15) is 0 Å². The minimum atomic E-state index is 0.544. The highest BCUT2D eigenvalue weighted by atomic mass is 35.5. The Labute approximate surface area is 105 Å². The Bertz CT molecular complexity index is 517. The highest BCUT2D eigenvalue weighted by Crippen LogP contribution is 2.23. The summed E-state index contributed by atoms with van der Waals surface area (Å²) in [4.78, 5) is 0. The van der Waals surface area contributed by atoms with Gasteiger partial charge in [0, 0.05) is 10.7 Å². The van der Waals surface area contributed by atoms with Crippen molar-refractivity contribution in [3.63, 3.8) is 0 Å². The van der Waals surface area contributed by atoms with Crippen molar-refractivity contribution in [3.8, 4) is 11.5 Å². The molecule has 0 saturated carbocycles. The zero-order chi connectivity index (χ0) is 12.3. The summed E-state index contributed by atoms with van der Waals surface area (Å²) in [7, 11) is 0. The van der Waals surface area contributed by atoms with Gasteiger partial charge in [-0.25, -0.2) is 0 Å². The van der Waals surface area contributed by atoms with Crippen LogP contribution in [0.2, 0.25) is 5.02 Å². The van der Waals surface area contributed by atoms with E-state index in [1.54, 1.807) is 12.1 Å². The molecule has 0 atom stereocenters. The van der Waals surface area contributed by atoms with Crippen molar-refractivity contribution < 1.29 is 4.74 Å². The van der Waals surface area contributed by atoms with E-state index < -0.39 is 0 Å². The molecule has 0 aliphatic rings. The summed E-state index contributed by atoms with van der Waals surface area (Å²) < 4.78 is 5.64. The van der Waals surface area contributed by atoms with E-state index in [1.165, 1.54) is 0 Å². The molecule has 0 spiro atoms. The van der Waals surface area contributed by atoms with Crippen molar-refractivity contribution >= 4 is 17.3 Å². The molecule has 2 aromatic rings. The predicted octanol–water partition coefficient (Wildman–Crippen LogP) is 4.06. The van der Waals surface area contributed by atoms with E-state index in [-0.39, 0.29) is 0 Å². The summed E-state index contributed by atoms with van der Waals surface area (Å²) in [5, 5.41) is 0.687. The van der Waals surface area contributed by atoms with E-state index in [2.05, 4.69) is 6.58 Å². The summed E-state index contributed by atoms with van der Waals surface area (Å²) in [6, 6.07) is 14.6. The molecule has 0 radical (unpaired) electrons. The van der Waals surface area contributed by atoms with Crippen molar-refractivity contribution in [2.75, 3.05) is 0 Å². The second kappa shape index (κ2) is 4.93. The second-order valence-electron chi connectivity index (χ2n) is 3.61. The fourth-order valence-corrected chi connectivity index (χ4v) is 1.50. The Morgan fingerprint density at radius 1 is 0.941 bits per heavy atom. The molecule has 0 amide bonds. The lowest BCUT2D eigenvalue weighted by Crippen LogP contribution is -1.93. The van der Waals surface area contributed by atoms with Gasteiger partial charge in [0.25, 0.3) is 0 Å². The number of rotatable bonds is 3. The molecule has 0 aromatic heterocycles. The van der Waals surface area contributed by atoms with E-state index in [1.807, 2.05) is 36.4 Å². The van der Waals surface area contributed by atoms with E-state index in [9.17, 15) is 0 Å². The van der Waals surface area contributed by atoms with Gasteiger partial charge in [0.15, 0.2) is 0 Å². The molecule has 0 heterocycles. The minimum absolute atomic E-state index is 0.544. The molecule has 2 nitrogen and oxygen atoms in total. The van der Waals surface area contributed by atoms with Gasteiger partial charge < -0.3 is 10.5 Å². The monoisotopic (exact) mass is 245 g/mol. The summed E-state index contributed by atoms with van der Waals surface area (Å²) >= 11 is 5.79. The molecule has 17 heavy (non-hydrogen) atoms. The van der Waals surface area contributed by atoms with Crippen LogP contribution in [0.4, 0.5) is 0 Å². The lowest BCUT2D eigenvalue weighted by atomic mass is 10.2. The SMILES string of the molecule is C=C(N)c1ccc(Oc2ccc(Cl)cc2)cc1. The molecule has 0 saturated heterocycles. The summed E-state index contributed by atoms with van der Waals surface area (Å²) in [5.74, 6) is 1.49. The molecule has 0 aliphatic heterocycles. The van der Waals surface area contributed by atoms with E-state index >= 15 is 0 Å². The van der Waals surface area contributed by atoms with Crippen molar-refractivity contribution in [2.45, 2.75) is 0 Å². The van der Waals surface area contributed by atoms with Gasteiger partial charge in [-0.15, -0.1) is 0 Å². The van der Waals surface area contributed by atoms with Crippen LogP contribution in [-0.4, -0.2) is 0 Å². The van der Waals surface area contributed by atoms with Gasteiger partial charge in [0.1, 0.15) is 11.5 Å². The summed E-state index contributed by atoms with van der Waals surface area (Å²) in [6.07, 6.45) is 0. The smallest absolute Gasteiger partial charge is 0.127 e. The first kappa shape index (κ1) is 11.6. The van der Waals surface area contributed by atoms with Crippen molar-refractivity contribution in [2.24, 2.45) is 5.73 Å². The van der Waals surface area contributed by atoms with Crippen LogP contribution >= 0.6 is 11.6 Å². The Hall–Kier alpha value is -1.93. The van der Waals surface area contributed by atoms with Gasteiger partial charge in [-0.05, 0) is 54.1 Å². The predicted molar refractivity (Wildman–Crippen MR) is 71.2 cm³/mol. The molecular weight excluding hydrogens is 234 g/mol. The average molecular weight is 246 g/mol. The average Bonchev–Trinajstić information content (AvgIpc) is 2.33. The standard InChI is InChI=1S/C14H12ClNO/c1-10(16)11-2-6-13(7-3-11)17-14-8-4-12(15)5-9-14/h2-9H,1,16H2. The van der Waals surface area contributed by atoms with Crippen LogP contribution in [0, 0.1) is 0 Å². The van der Waals surface area contributed by atoms with E-state index in [4.69, 9.17) is 22.1 Å². The first-order valence-electron chi connectivity index (χ1n) is 5.13. The quantitative estimate of drug-likeness (QED) is 0.885. The maximum atomic E-state index is 5.79. The Balaban J connectivity index is 2.13. The normalized spacial score (nSPS) is 9.94. The van der Waals surface area contributed by atoms with Gasteiger partial charge in [0.2, 0.25) is 0 Å². The van der Waals surface area contributed by atoms with E-state index in [0.717, 1.165) is 17.1 Å². The third-order valence-electron chi connectivity index (χ3n) is 2.27. The van der Waals surface area contributed by atoms with Crippen LogP contribution in [0.25, 0.3) is 5.70 Å². The number of ether oxygens (including phenoxy) is 1. The molecule has 0 fully saturated rings. The third-order valence-corrected chi connectivity index (χ3v) is 2.53. The fourth-order valence-electron chi connectivity index (χ4n) is 1.38. The van der Waals surface area contributed by atoms with Crippen molar-refractivity contribution in [3.05, 3.63) is 65.7 Å². The summed E-state index contributed by atoms with van der Waals surface area (Å²) in [6.45, 7) is 3.67. The second-order valence-corrected chi connectivity index (χ2v) is 4.04. The Morgan fingerprint density at radius 3 is 1.88 bits per heavy atom. The number of benzene rings is 2.